The van der Waals surface area contributed by atoms with Crippen LogP contribution in [0.5, 0.6) is 0 Å². The number of nitrogens with one attached hydrogen (secondary N) is 1. The third-order valence-electron chi connectivity index (χ3n) is 6.80. The third-order valence-corrected chi connectivity index (χ3v) is 8.69. The van der Waals surface area contributed by atoms with Crippen molar-refractivity contribution in [3.8, 4) is 0 Å². The molecule has 1 aliphatic carbocycles. The van der Waals surface area contributed by atoms with Crippen molar-refractivity contribution in [2.45, 2.75) is 75.6 Å². The molecule has 2 aliphatic rings. The minimum atomic E-state index is -3.47. The van der Waals surface area contributed by atoms with E-state index in [-0.39, 0.29) is 11.9 Å². The summed E-state index contributed by atoms with van der Waals surface area (Å²) in [6.45, 7) is 3.86. The normalized spacial score (nSPS) is 19.0. The maximum absolute atomic E-state index is 13.0. The van der Waals surface area contributed by atoms with Crippen molar-refractivity contribution in [3.63, 3.8) is 0 Å². The lowest BCUT2D eigenvalue weighted by atomic mass is 9.97. The number of benzene rings is 1. The highest BCUT2D eigenvalue weighted by Crippen LogP contribution is 2.28. The van der Waals surface area contributed by atoms with Gasteiger partial charge < -0.3 is 9.88 Å². The Hall–Kier alpha value is -2.12. The number of nitrogens with zero attached hydrogens (tertiary/aromatic N) is 2. The molecule has 1 saturated heterocycles. The van der Waals surface area contributed by atoms with E-state index in [1.807, 2.05) is 29.8 Å². The maximum Gasteiger partial charge on any atom is 0.243 e. The zero-order chi connectivity index (χ0) is 22.6. The Labute approximate surface area is 191 Å². The Morgan fingerprint density at radius 1 is 1.09 bits per heavy atom. The van der Waals surface area contributed by atoms with E-state index >= 15 is 0 Å². The van der Waals surface area contributed by atoms with E-state index in [0.717, 1.165) is 49.4 Å². The molecule has 174 valence electrons. The molecule has 0 bridgehead atoms. The van der Waals surface area contributed by atoms with Gasteiger partial charge in [-0.15, -0.1) is 0 Å². The molecule has 7 heteroatoms. The molecule has 1 aromatic carbocycles. The van der Waals surface area contributed by atoms with Crippen LogP contribution < -0.4 is 5.32 Å². The van der Waals surface area contributed by atoms with Gasteiger partial charge in [-0.05, 0) is 75.6 Å². The molecule has 2 aromatic rings. The molecule has 1 fully saturated rings. The van der Waals surface area contributed by atoms with Crippen LogP contribution in [0.1, 0.15) is 70.8 Å². The van der Waals surface area contributed by atoms with Gasteiger partial charge >= 0.3 is 0 Å². The second-order valence-corrected chi connectivity index (χ2v) is 10.9. The van der Waals surface area contributed by atoms with E-state index in [4.69, 9.17) is 0 Å². The van der Waals surface area contributed by atoms with Crippen LogP contribution in [0.15, 0.2) is 47.0 Å². The number of hydrogen-bond acceptors (Lipinski definition) is 3. The standard InChI is InChI=1S/C25H35N3O3S/c1-2-23(25(29)26-15-13-20-9-5-3-6-10-20)28-18-14-21-19-22(11-12-24(21)28)32(30,31)27-16-7-4-8-17-27/h9,11-12,14,18-19,23H,2-8,10,13,15-17H2,1H3,(H,26,29)/t23-/m0/s1. The Bertz CT molecular complexity index is 1080. The van der Waals surface area contributed by atoms with Gasteiger partial charge in [-0.2, -0.15) is 4.31 Å². The molecule has 6 nitrogen and oxygen atoms in total. The highest BCUT2D eigenvalue weighted by atomic mass is 32.2. The van der Waals surface area contributed by atoms with Crippen LogP contribution in [0.4, 0.5) is 0 Å². The molecule has 0 radical (unpaired) electrons. The minimum Gasteiger partial charge on any atom is -0.354 e. The van der Waals surface area contributed by atoms with Crippen LogP contribution in [0.25, 0.3) is 10.9 Å². The summed E-state index contributed by atoms with van der Waals surface area (Å²) >= 11 is 0. The molecule has 1 atom stereocenters. The van der Waals surface area contributed by atoms with Crippen molar-refractivity contribution in [2.75, 3.05) is 19.6 Å². The second-order valence-electron chi connectivity index (χ2n) is 8.98. The SMILES string of the molecule is CC[C@@H](C(=O)NCCC1=CCCCC1)n1ccc2cc(S(=O)(=O)N3CCCCC3)ccc21. The summed E-state index contributed by atoms with van der Waals surface area (Å²) in [7, 11) is -3.47. The summed E-state index contributed by atoms with van der Waals surface area (Å²) in [6.07, 6.45) is 13.6. The van der Waals surface area contributed by atoms with Crippen LogP contribution in [0.2, 0.25) is 0 Å². The number of aromatic nitrogens is 1. The quantitative estimate of drug-likeness (QED) is 0.580. The first kappa shape index (κ1) is 23.1. The van der Waals surface area contributed by atoms with Crippen LogP contribution >= 0.6 is 0 Å². The molecule has 0 saturated carbocycles. The van der Waals surface area contributed by atoms with Gasteiger partial charge in [0.2, 0.25) is 15.9 Å². The molecule has 0 spiro atoms. The number of carbonyl (C=O) groups excluding carboxylic acids is 1. The molecular formula is C25H35N3O3S. The van der Waals surface area contributed by atoms with Gasteiger partial charge in [0.25, 0.3) is 0 Å². The lowest BCUT2D eigenvalue weighted by Gasteiger charge is -2.26. The van der Waals surface area contributed by atoms with E-state index in [9.17, 15) is 13.2 Å². The summed E-state index contributed by atoms with van der Waals surface area (Å²) in [6, 6.07) is 6.87. The zero-order valence-electron chi connectivity index (χ0n) is 19.1. The first-order valence-corrected chi connectivity index (χ1v) is 13.5. The Morgan fingerprint density at radius 2 is 1.91 bits per heavy atom. The molecular weight excluding hydrogens is 422 g/mol. The average Bonchev–Trinajstić information content (AvgIpc) is 3.24. The summed E-state index contributed by atoms with van der Waals surface area (Å²) < 4.78 is 29.6. The first-order chi connectivity index (χ1) is 15.5. The number of hydrogen-bond donors (Lipinski definition) is 1. The fraction of sp³-hybridized carbons (Fsp3) is 0.560. The van der Waals surface area contributed by atoms with Crippen LogP contribution in [0, 0.1) is 0 Å². The maximum atomic E-state index is 13.0. The van der Waals surface area contributed by atoms with Gasteiger partial charge in [-0.3, -0.25) is 4.79 Å². The Balaban J connectivity index is 1.48. The monoisotopic (exact) mass is 457 g/mol. The van der Waals surface area contributed by atoms with E-state index in [2.05, 4.69) is 11.4 Å². The third kappa shape index (κ3) is 4.94. The highest BCUT2D eigenvalue weighted by Gasteiger charge is 2.27. The van der Waals surface area contributed by atoms with Crippen LogP contribution in [0.3, 0.4) is 0 Å². The summed E-state index contributed by atoms with van der Waals surface area (Å²) in [5.41, 5.74) is 2.35. The average molecular weight is 458 g/mol. The van der Waals surface area contributed by atoms with Gasteiger partial charge in [0, 0.05) is 36.7 Å². The Morgan fingerprint density at radius 3 is 2.62 bits per heavy atom. The lowest BCUT2D eigenvalue weighted by Crippen LogP contribution is -2.35. The molecule has 4 rings (SSSR count). The van der Waals surface area contributed by atoms with Crippen molar-refractivity contribution in [1.82, 2.24) is 14.2 Å². The number of amides is 1. The van der Waals surface area contributed by atoms with Gasteiger partial charge in [0.05, 0.1) is 4.90 Å². The van der Waals surface area contributed by atoms with Crippen molar-refractivity contribution in [2.24, 2.45) is 0 Å². The van der Waals surface area contributed by atoms with Gasteiger partial charge in [0.1, 0.15) is 6.04 Å². The van der Waals surface area contributed by atoms with E-state index in [0.29, 0.717) is 31.0 Å². The summed E-state index contributed by atoms with van der Waals surface area (Å²) in [5.74, 6) is 0.0198. The lowest BCUT2D eigenvalue weighted by molar-refractivity contribution is -0.124. The molecule has 1 aliphatic heterocycles. The molecule has 2 heterocycles. The van der Waals surface area contributed by atoms with Gasteiger partial charge in [0.15, 0.2) is 0 Å². The number of piperidine rings is 1. The summed E-state index contributed by atoms with van der Waals surface area (Å²) in [4.78, 5) is 13.3. The predicted octanol–water partition coefficient (Wildman–Crippen LogP) is 4.77. The molecule has 1 amide bonds. The second kappa shape index (κ2) is 10.2. The largest absolute Gasteiger partial charge is 0.354 e. The minimum absolute atomic E-state index is 0.0198. The summed E-state index contributed by atoms with van der Waals surface area (Å²) in [5, 5.41) is 3.96. The zero-order valence-corrected chi connectivity index (χ0v) is 19.9. The van der Waals surface area contributed by atoms with Crippen molar-refractivity contribution in [1.29, 1.82) is 0 Å². The fourth-order valence-corrected chi connectivity index (χ4v) is 6.49. The molecule has 0 unspecified atom stereocenters. The number of allylic oxidation sites excluding steroid dienone is 1. The van der Waals surface area contributed by atoms with Crippen molar-refractivity contribution >= 4 is 26.8 Å². The molecule has 1 aromatic heterocycles. The number of sulfonamides is 1. The number of rotatable bonds is 8. The van der Waals surface area contributed by atoms with Gasteiger partial charge in [-0.25, -0.2) is 8.42 Å². The first-order valence-electron chi connectivity index (χ1n) is 12.1. The smallest absolute Gasteiger partial charge is 0.243 e. The molecule has 1 N–H and O–H groups in total. The van der Waals surface area contributed by atoms with Gasteiger partial charge in [-0.1, -0.05) is 25.0 Å². The predicted molar refractivity (Wildman–Crippen MR) is 128 cm³/mol. The van der Waals surface area contributed by atoms with Crippen LogP contribution in [-0.4, -0.2) is 42.8 Å². The Kier molecular flexibility index (Phi) is 7.36. The fourth-order valence-electron chi connectivity index (χ4n) is 4.93. The van der Waals surface area contributed by atoms with E-state index in [1.165, 1.54) is 18.4 Å². The van der Waals surface area contributed by atoms with Crippen molar-refractivity contribution in [3.05, 3.63) is 42.1 Å². The van der Waals surface area contributed by atoms with Crippen LogP contribution in [-0.2, 0) is 14.8 Å². The topological polar surface area (TPSA) is 71.4 Å². The molecule has 32 heavy (non-hydrogen) atoms. The highest BCUT2D eigenvalue weighted by molar-refractivity contribution is 7.89. The number of fused-ring (bicyclic) bond motifs is 1. The number of carbonyl (C=O) groups is 1. The van der Waals surface area contributed by atoms with Crippen molar-refractivity contribution < 1.29 is 13.2 Å². The van der Waals surface area contributed by atoms with E-state index < -0.39 is 10.0 Å². The van der Waals surface area contributed by atoms with E-state index in [1.54, 1.807) is 16.4 Å².